The molecule has 6 nitrogen and oxygen atoms in total. The van der Waals surface area contributed by atoms with Crippen molar-refractivity contribution < 1.29 is 9.53 Å². The molecular formula is C14H17ClN4O2. The van der Waals surface area contributed by atoms with Gasteiger partial charge in [0.15, 0.2) is 0 Å². The van der Waals surface area contributed by atoms with Gasteiger partial charge in [-0.1, -0.05) is 23.7 Å². The molecule has 1 aromatic heterocycles. The van der Waals surface area contributed by atoms with E-state index >= 15 is 0 Å². The summed E-state index contributed by atoms with van der Waals surface area (Å²) in [5, 5.41) is 4.81. The summed E-state index contributed by atoms with van der Waals surface area (Å²) in [4.78, 5) is 18.0. The van der Waals surface area contributed by atoms with Crippen molar-refractivity contribution in [1.29, 1.82) is 0 Å². The number of hydrogen-bond acceptors (Lipinski definition) is 4. The predicted molar refractivity (Wildman–Crippen MR) is 79.9 cm³/mol. The third-order valence-corrected chi connectivity index (χ3v) is 3.34. The molecule has 1 heterocycles. The van der Waals surface area contributed by atoms with E-state index in [2.05, 4.69) is 10.1 Å². The van der Waals surface area contributed by atoms with Crippen molar-refractivity contribution in [2.45, 2.75) is 6.92 Å². The van der Waals surface area contributed by atoms with Crippen molar-refractivity contribution in [1.82, 2.24) is 19.7 Å². The molecule has 0 saturated heterocycles. The maximum atomic E-state index is 12.2. The van der Waals surface area contributed by atoms with E-state index in [0.29, 0.717) is 29.7 Å². The first-order chi connectivity index (χ1) is 10.0. The van der Waals surface area contributed by atoms with E-state index in [0.717, 1.165) is 0 Å². The number of aryl methyl sites for hydroxylation is 1. The van der Waals surface area contributed by atoms with Crippen LogP contribution in [0.3, 0.4) is 0 Å². The molecule has 0 fully saturated rings. The quantitative estimate of drug-likeness (QED) is 0.847. The molecule has 2 rings (SSSR count). The van der Waals surface area contributed by atoms with Crippen molar-refractivity contribution >= 4 is 17.5 Å². The average molecular weight is 309 g/mol. The predicted octanol–water partition coefficient (Wildman–Crippen LogP) is 1.95. The summed E-state index contributed by atoms with van der Waals surface area (Å²) in [5.74, 6) is 0.499. The Morgan fingerprint density at radius 2 is 2.14 bits per heavy atom. The smallest absolute Gasteiger partial charge is 0.293 e. The highest BCUT2D eigenvalue weighted by Crippen LogP contribution is 2.20. The van der Waals surface area contributed by atoms with Crippen LogP contribution in [0.4, 0.5) is 0 Å². The molecule has 0 aliphatic carbocycles. The first kappa shape index (κ1) is 15.5. The van der Waals surface area contributed by atoms with E-state index in [9.17, 15) is 4.79 Å². The second kappa shape index (κ2) is 6.69. The molecule has 0 aliphatic rings. The monoisotopic (exact) mass is 308 g/mol. The number of aromatic nitrogens is 3. The number of hydrogen-bond donors (Lipinski definition) is 0. The topological polar surface area (TPSA) is 60.2 Å². The molecule has 0 bridgehead atoms. The normalized spacial score (nSPS) is 10.7. The molecule has 0 atom stereocenters. The van der Waals surface area contributed by atoms with Crippen LogP contribution in [-0.4, -0.2) is 52.9 Å². The summed E-state index contributed by atoms with van der Waals surface area (Å²) in [5.41, 5.74) is 0.697. The average Bonchev–Trinajstić information content (AvgIpc) is 2.86. The molecule has 0 unspecified atom stereocenters. The van der Waals surface area contributed by atoms with E-state index in [-0.39, 0.29) is 11.7 Å². The maximum absolute atomic E-state index is 12.2. The van der Waals surface area contributed by atoms with Gasteiger partial charge in [0.05, 0.1) is 17.3 Å². The van der Waals surface area contributed by atoms with Gasteiger partial charge in [-0.3, -0.25) is 4.79 Å². The van der Waals surface area contributed by atoms with Crippen molar-refractivity contribution in [2.75, 3.05) is 27.3 Å². The fourth-order valence-electron chi connectivity index (χ4n) is 1.83. The molecule has 0 spiro atoms. The van der Waals surface area contributed by atoms with E-state index in [1.807, 2.05) is 18.2 Å². The lowest BCUT2D eigenvalue weighted by molar-refractivity contribution is 0.0732. The van der Waals surface area contributed by atoms with Crippen molar-refractivity contribution in [3.63, 3.8) is 0 Å². The van der Waals surface area contributed by atoms with Gasteiger partial charge in [0.1, 0.15) is 5.82 Å². The minimum atomic E-state index is -0.249. The molecule has 0 radical (unpaired) electrons. The molecule has 0 aliphatic heterocycles. The molecule has 1 aromatic carbocycles. The molecular weight excluding hydrogens is 292 g/mol. The summed E-state index contributed by atoms with van der Waals surface area (Å²) in [6, 6.07) is 7.29. The van der Waals surface area contributed by atoms with Crippen LogP contribution in [-0.2, 0) is 4.74 Å². The highest BCUT2D eigenvalue weighted by molar-refractivity contribution is 6.32. The Hall–Kier alpha value is -1.92. The third-order valence-electron chi connectivity index (χ3n) is 3.02. The summed E-state index contributed by atoms with van der Waals surface area (Å²) < 4.78 is 6.52. The van der Waals surface area contributed by atoms with Gasteiger partial charge in [0.2, 0.25) is 5.82 Å². The van der Waals surface area contributed by atoms with Crippen LogP contribution < -0.4 is 0 Å². The van der Waals surface area contributed by atoms with Gasteiger partial charge in [0.25, 0.3) is 5.91 Å². The fraction of sp³-hybridized carbons (Fsp3) is 0.357. The zero-order chi connectivity index (χ0) is 15.4. The molecule has 1 amide bonds. The number of halogens is 1. The van der Waals surface area contributed by atoms with Gasteiger partial charge >= 0.3 is 0 Å². The lowest BCUT2D eigenvalue weighted by Crippen LogP contribution is -2.30. The number of carbonyl (C=O) groups is 1. The Bertz CT molecular complexity index is 642. The van der Waals surface area contributed by atoms with Gasteiger partial charge in [0, 0.05) is 20.7 Å². The third kappa shape index (κ3) is 3.40. The van der Waals surface area contributed by atoms with E-state index in [4.69, 9.17) is 16.3 Å². The second-order valence-electron chi connectivity index (χ2n) is 4.57. The lowest BCUT2D eigenvalue weighted by Gasteiger charge is -2.14. The number of para-hydroxylation sites is 1. The largest absolute Gasteiger partial charge is 0.383 e. The lowest BCUT2D eigenvalue weighted by atomic mass is 10.3. The first-order valence-electron chi connectivity index (χ1n) is 6.47. The SMILES string of the molecule is COCCN(C)C(=O)c1nc(C)n(-c2ccccc2Cl)n1. The van der Waals surface area contributed by atoms with Crippen LogP contribution in [0.25, 0.3) is 5.69 Å². The van der Waals surface area contributed by atoms with Gasteiger partial charge < -0.3 is 9.64 Å². The minimum Gasteiger partial charge on any atom is -0.383 e. The van der Waals surface area contributed by atoms with Crippen LogP contribution in [0.5, 0.6) is 0 Å². The van der Waals surface area contributed by atoms with Crippen LogP contribution in [0.1, 0.15) is 16.4 Å². The molecule has 0 N–H and O–H groups in total. The summed E-state index contributed by atoms with van der Waals surface area (Å²) in [6.07, 6.45) is 0. The summed E-state index contributed by atoms with van der Waals surface area (Å²) >= 11 is 6.15. The van der Waals surface area contributed by atoms with E-state index in [1.165, 1.54) is 4.90 Å². The number of methoxy groups -OCH3 is 1. The van der Waals surface area contributed by atoms with Crippen molar-refractivity contribution in [2.24, 2.45) is 0 Å². The van der Waals surface area contributed by atoms with Crippen LogP contribution in [0.2, 0.25) is 5.02 Å². The summed E-state index contributed by atoms with van der Waals surface area (Å²) in [6.45, 7) is 2.73. The Morgan fingerprint density at radius 3 is 2.81 bits per heavy atom. The summed E-state index contributed by atoms with van der Waals surface area (Å²) in [7, 11) is 3.28. The van der Waals surface area contributed by atoms with Crippen LogP contribution in [0.15, 0.2) is 24.3 Å². The zero-order valence-electron chi connectivity index (χ0n) is 12.2. The zero-order valence-corrected chi connectivity index (χ0v) is 13.0. The minimum absolute atomic E-state index is 0.144. The standard InChI is InChI=1S/C14H17ClN4O2/c1-10-16-13(14(20)18(2)8-9-21-3)17-19(10)12-7-5-4-6-11(12)15/h4-7H,8-9H2,1-3H3. The Morgan fingerprint density at radius 1 is 1.43 bits per heavy atom. The van der Waals surface area contributed by atoms with E-state index in [1.54, 1.807) is 31.8 Å². The Labute approximate surface area is 128 Å². The van der Waals surface area contributed by atoms with E-state index < -0.39 is 0 Å². The Balaban J connectivity index is 2.27. The van der Waals surface area contributed by atoms with Gasteiger partial charge in [-0.05, 0) is 19.1 Å². The van der Waals surface area contributed by atoms with Gasteiger partial charge in [-0.15, -0.1) is 5.10 Å². The number of benzene rings is 1. The van der Waals surface area contributed by atoms with Crippen molar-refractivity contribution in [3.05, 3.63) is 40.9 Å². The van der Waals surface area contributed by atoms with Gasteiger partial charge in [-0.25, -0.2) is 9.67 Å². The number of likely N-dealkylation sites (N-methyl/N-ethyl adjacent to an activating group) is 1. The second-order valence-corrected chi connectivity index (χ2v) is 4.97. The number of amides is 1. The van der Waals surface area contributed by atoms with Crippen LogP contribution in [0, 0.1) is 6.92 Å². The Kier molecular flexibility index (Phi) is 4.93. The molecule has 112 valence electrons. The maximum Gasteiger partial charge on any atom is 0.293 e. The number of nitrogens with zero attached hydrogens (tertiary/aromatic N) is 4. The van der Waals surface area contributed by atoms with Crippen molar-refractivity contribution in [3.8, 4) is 5.69 Å². The number of carbonyl (C=O) groups excluding carboxylic acids is 1. The van der Waals surface area contributed by atoms with Crippen LogP contribution >= 0.6 is 11.6 Å². The molecule has 21 heavy (non-hydrogen) atoms. The molecule has 7 heteroatoms. The number of rotatable bonds is 5. The number of ether oxygens (including phenoxy) is 1. The highest BCUT2D eigenvalue weighted by atomic mass is 35.5. The molecule has 0 saturated carbocycles. The highest BCUT2D eigenvalue weighted by Gasteiger charge is 2.19. The fourth-order valence-corrected chi connectivity index (χ4v) is 2.05. The molecule has 2 aromatic rings. The first-order valence-corrected chi connectivity index (χ1v) is 6.85. The van der Waals surface area contributed by atoms with Gasteiger partial charge in [-0.2, -0.15) is 0 Å².